The number of halogens is 1. The van der Waals surface area contributed by atoms with Crippen molar-refractivity contribution >= 4 is 5.69 Å². The van der Waals surface area contributed by atoms with Gasteiger partial charge in [0, 0.05) is 6.54 Å². The van der Waals surface area contributed by atoms with Crippen LogP contribution in [0.5, 0.6) is 5.75 Å². The summed E-state index contributed by atoms with van der Waals surface area (Å²) in [7, 11) is 0. The summed E-state index contributed by atoms with van der Waals surface area (Å²) in [5, 5.41) is 3.36. The van der Waals surface area contributed by atoms with E-state index in [1.165, 1.54) is 11.6 Å². The molecule has 0 bridgehead atoms. The third kappa shape index (κ3) is 4.22. The second-order valence-electron chi connectivity index (χ2n) is 5.29. The molecule has 0 fully saturated rings. The van der Waals surface area contributed by atoms with Crippen molar-refractivity contribution in [3.05, 3.63) is 58.9 Å². The van der Waals surface area contributed by atoms with Crippen molar-refractivity contribution < 1.29 is 9.13 Å². The highest BCUT2D eigenvalue weighted by Gasteiger charge is 2.05. The molecule has 0 radical (unpaired) electrons. The average Bonchev–Trinajstić information content (AvgIpc) is 2.47. The molecule has 2 aromatic carbocycles. The molecule has 2 nitrogen and oxygen atoms in total. The fraction of sp³-hybridized carbons (Fsp3) is 0.333. The standard InChI is InChI=1S/C18H22FNO/c1-4-9-21-18-10-13(2)5-8-17(18)20-12-15-6-7-16(19)14(3)11-15/h5-8,10-11,20H,4,9,12H2,1-3H3. The van der Waals surface area contributed by atoms with E-state index in [1.807, 2.05) is 25.1 Å². The quantitative estimate of drug-likeness (QED) is 0.820. The van der Waals surface area contributed by atoms with Gasteiger partial charge in [-0.05, 0) is 55.2 Å². The van der Waals surface area contributed by atoms with Crippen molar-refractivity contribution in [1.29, 1.82) is 0 Å². The molecule has 0 aliphatic heterocycles. The zero-order valence-corrected chi connectivity index (χ0v) is 12.9. The topological polar surface area (TPSA) is 21.3 Å². The van der Waals surface area contributed by atoms with Gasteiger partial charge >= 0.3 is 0 Å². The zero-order chi connectivity index (χ0) is 15.2. The first kappa shape index (κ1) is 15.4. The van der Waals surface area contributed by atoms with Gasteiger partial charge < -0.3 is 10.1 Å². The number of hydrogen-bond acceptors (Lipinski definition) is 2. The van der Waals surface area contributed by atoms with Gasteiger partial charge in [-0.1, -0.05) is 25.1 Å². The van der Waals surface area contributed by atoms with Gasteiger partial charge in [-0.2, -0.15) is 0 Å². The molecular formula is C18H22FNO. The first-order valence-corrected chi connectivity index (χ1v) is 7.32. The van der Waals surface area contributed by atoms with Crippen LogP contribution in [0.25, 0.3) is 0 Å². The number of nitrogens with one attached hydrogen (secondary N) is 1. The molecule has 0 saturated heterocycles. The van der Waals surface area contributed by atoms with Crippen molar-refractivity contribution in [1.82, 2.24) is 0 Å². The summed E-state index contributed by atoms with van der Waals surface area (Å²) in [5.74, 6) is 0.705. The summed E-state index contributed by atoms with van der Waals surface area (Å²) < 4.78 is 19.0. The van der Waals surface area contributed by atoms with Crippen LogP contribution in [-0.4, -0.2) is 6.61 Å². The lowest BCUT2D eigenvalue weighted by Gasteiger charge is -2.14. The first-order chi connectivity index (χ1) is 10.1. The van der Waals surface area contributed by atoms with E-state index in [9.17, 15) is 4.39 Å². The Morgan fingerprint density at radius 3 is 2.62 bits per heavy atom. The second-order valence-corrected chi connectivity index (χ2v) is 5.29. The highest BCUT2D eigenvalue weighted by atomic mass is 19.1. The molecule has 1 N–H and O–H groups in total. The monoisotopic (exact) mass is 287 g/mol. The minimum Gasteiger partial charge on any atom is -0.491 e. The Morgan fingerprint density at radius 2 is 1.90 bits per heavy atom. The van der Waals surface area contributed by atoms with Gasteiger partial charge in [-0.25, -0.2) is 4.39 Å². The summed E-state index contributed by atoms with van der Waals surface area (Å²) >= 11 is 0. The minimum atomic E-state index is -0.166. The molecule has 0 atom stereocenters. The van der Waals surface area contributed by atoms with Gasteiger partial charge in [-0.3, -0.25) is 0 Å². The molecule has 0 aliphatic rings. The minimum absolute atomic E-state index is 0.166. The number of rotatable bonds is 6. The average molecular weight is 287 g/mol. The van der Waals surface area contributed by atoms with Crippen LogP contribution in [-0.2, 0) is 6.54 Å². The van der Waals surface area contributed by atoms with E-state index in [0.717, 1.165) is 23.4 Å². The molecule has 0 saturated carbocycles. The Bertz CT molecular complexity index is 610. The van der Waals surface area contributed by atoms with Crippen molar-refractivity contribution in [2.24, 2.45) is 0 Å². The van der Waals surface area contributed by atoms with Gasteiger partial charge in [0.05, 0.1) is 12.3 Å². The second kappa shape index (κ2) is 7.11. The number of anilines is 1. The van der Waals surface area contributed by atoms with Gasteiger partial charge in [0.1, 0.15) is 11.6 Å². The maximum atomic E-state index is 13.3. The van der Waals surface area contributed by atoms with Gasteiger partial charge in [0.15, 0.2) is 0 Å². The smallest absolute Gasteiger partial charge is 0.142 e. The summed E-state index contributed by atoms with van der Waals surface area (Å²) in [6, 6.07) is 11.3. The highest BCUT2D eigenvalue weighted by molar-refractivity contribution is 5.58. The summed E-state index contributed by atoms with van der Waals surface area (Å²) in [6.07, 6.45) is 0.977. The van der Waals surface area contributed by atoms with Crippen LogP contribution in [0.1, 0.15) is 30.0 Å². The Hall–Kier alpha value is -2.03. The fourth-order valence-electron chi connectivity index (χ4n) is 2.12. The van der Waals surface area contributed by atoms with Crippen LogP contribution in [0.15, 0.2) is 36.4 Å². The van der Waals surface area contributed by atoms with E-state index < -0.39 is 0 Å². The Balaban J connectivity index is 2.09. The number of hydrogen-bond donors (Lipinski definition) is 1. The first-order valence-electron chi connectivity index (χ1n) is 7.32. The third-order valence-electron chi connectivity index (χ3n) is 3.30. The molecule has 0 spiro atoms. The molecule has 0 aromatic heterocycles. The predicted octanol–water partition coefficient (Wildman–Crippen LogP) is 4.84. The SMILES string of the molecule is CCCOc1cc(C)ccc1NCc1ccc(F)c(C)c1. The van der Waals surface area contributed by atoms with Crippen molar-refractivity contribution in [3.63, 3.8) is 0 Å². The van der Waals surface area contributed by atoms with Crippen LogP contribution < -0.4 is 10.1 Å². The van der Waals surface area contributed by atoms with E-state index in [2.05, 4.69) is 18.3 Å². The Morgan fingerprint density at radius 1 is 1.10 bits per heavy atom. The molecule has 2 aromatic rings. The molecule has 0 unspecified atom stereocenters. The summed E-state index contributed by atoms with van der Waals surface area (Å²) in [5.41, 5.74) is 3.86. The van der Waals surface area contributed by atoms with Crippen molar-refractivity contribution in [2.45, 2.75) is 33.7 Å². The molecule has 2 rings (SSSR count). The Kier molecular flexibility index (Phi) is 5.20. The lowest BCUT2D eigenvalue weighted by atomic mass is 10.1. The fourth-order valence-corrected chi connectivity index (χ4v) is 2.12. The predicted molar refractivity (Wildman–Crippen MR) is 85.4 cm³/mol. The molecule has 0 aliphatic carbocycles. The Labute approximate surface area is 126 Å². The normalized spacial score (nSPS) is 10.5. The van der Waals surface area contributed by atoms with Crippen LogP contribution in [0.3, 0.4) is 0 Å². The van der Waals surface area contributed by atoms with E-state index in [-0.39, 0.29) is 5.82 Å². The highest BCUT2D eigenvalue weighted by Crippen LogP contribution is 2.26. The number of aryl methyl sites for hydroxylation is 2. The number of benzene rings is 2. The molecular weight excluding hydrogens is 265 g/mol. The summed E-state index contributed by atoms with van der Waals surface area (Å²) in [4.78, 5) is 0. The lowest BCUT2D eigenvalue weighted by Crippen LogP contribution is -2.04. The largest absolute Gasteiger partial charge is 0.491 e. The molecule has 0 amide bonds. The zero-order valence-electron chi connectivity index (χ0n) is 12.9. The number of ether oxygens (including phenoxy) is 1. The van der Waals surface area contributed by atoms with Gasteiger partial charge in [-0.15, -0.1) is 0 Å². The van der Waals surface area contributed by atoms with E-state index >= 15 is 0 Å². The van der Waals surface area contributed by atoms with E-state index in [0.29, 0.717) is 18.7 Å². The third-order valence-corrected chi connectivity index (χ3v) is 3.30. The van der Waals surface area contributed by atoms with Crippen LogP contribution >= 0.6 is 0 Å². The van der Waals surface area contributed by atoms with Gasteiger partial charge in [0.25, 0.3) is 0 Å². The van der Waals surface area contributed by atoms with E-state index in [4.69, 9.17) is 4.74 Å². The van der Waals surface area contributed by atoms with Crippen LogP contribution in [0, 0.1) is 19.7 Å². The maximum absolute atomic E-state index is 13.3. The summed E-state index contributed by atoms with van der Waals surface area (Å²) in [6.45, 7) is 7.26. The molecule has 21 heavy (non-hydrogen) atoms. The van der Waals surface area contributed by atoms with E-state index in [1.54, 1.807) is 13.0 Å². The van der Waals surface area contributed by atoms with Crippen LogP contribution in [0.2, 0.25) is 0 Å². The lowest BCUT2D eigenvalue weighted by molar-refractivity contribution is 0.318. The van der Waals surface area contributed by atoms with Crippen molar-refractivity contribution in [2.75, 3.05) is 11.9 Å². The molecule has 112 valence electrons. The van der Waals surface area contributed by atoms with Gasteiger partial charge in [0.2, 0.25) is 0 Å². The maximum Gasteiger partial charge on any atom is 0.142 e. The molecule has 0 heterocycles. The molecule has 3 heteroatoms. The van der Waals surface area contributed by atoms with Crippen molar-refractivity contribution in [3.8, 4) is 5.75 Å². The van der Waals surface area contributed by atoms with Crippen LogP contribution in [0.4, 0.5) is 10.1 Å².